The highest BCUT2D eigenvalue weighted by Gasteiger charge is 2.28. The second-order valence-electron chi connectivity index (χ2n) is 8.32. The van der Waals surface area contributed by atoms with Crippen LogP contribution < -0.4 is 10.2 Å². The third-order valence-corrected chi connectivity index (χ3v) is 3.54. The summed E-state index contributed by atoms with van der Waals surface area (Å²) in [6, 6.07) is -0.105. The van der Waals surface area contributed by atoms with Crippen LogP contribution in [0.3, 0.4) is 0 Å². The first-order valence-corrected chi connectivity index (χ1v) is 8.69. The molecule has 1 aromatic heterocycles. The number of rotatable bonds is 6. The summed E-state index contributed by atoms with van der Waals surface area (Å²) in [6.45, 7) is 10.3. The smallest absolute Gasteiger partial charge is 0.408 e. The van der Waals surface area contributed by atoms with Crippen molar-refractivity contribution >= 4 is 18.0 Å². The highest BCUT2D eigenvalue weighted by Crippen LogP contribution is 2.35. The van der Waals surface area contributed by atoms with Crippen molar-refractivity contribution in [1.82, 2.24) is 10.0 Å². The molecule has 0 aliphatic rings. The average molecular weight is 400 g/mol. The molecule has 1 aromatic rings. The fraction of sp³-hybridized carbons (Fsp3) is 0.611. The number of alkyl carbamates (subject to hydrolysis) is 1. The number of carbonyl (C=O) groups excluding carboxylic acids is 2. The van der Waals surface area contributed by atoms with E-state index in [1.165, 1.54) is 6.07 Å². The summed E-state index contributed by atoms with van der Waals surface area (Å²) >= 11 is 0. The minimum Gasteiger partial charge on any atom is -0.492 e. The zero-order valence-corrected chi connectivity index (χ0v) is 16.9. The zero-order chi connectivity index (χ0) is 21.9. The maximum atomic E-state index is 12.0. The standard InChI is InChI=1S/C18H28N2O8/c1-17(2,3)10-9-12(21)20(14(10)23)28-13(22)8-7-11(15(24)25)19-16(26)27-18(4,5)6/h9,11,21,23H,7-8H2,1-6H3,(H,19,26)(H,24,25)/t11-/m0/s1. The van der Waals surface area contributed by atoms with E-state index in [4.69, 9.17) is 9.57 Å². The van der Waals surface area contributed by atoms with E-state index in [-0.39, 0.29) is 6.42 Å². The van der Waals surface area contributed by atoms with Gasteiger partial charge >= 0.3 is 18.0 Å². The monoisotopic (exact) mass is 400 g/mol. The highest BCUT2D eigenvalue weighted by atomic mass is 16.7. The van der Waals surface area contributed by atoms with Crippen molar-refractivity contribution in [3.63, 3.8) is 0 Å². The summed E-state index contributed by atoms with van der Waals surface area (Å²) in [4.78, 5) is 39.9. The Kier molecular flexibility index (Phi) is 6.94. The van der Waals surface area contributed by atoms with Crippen LogP contribution in [0.2, 0.25) is 0 Å². The number of aliphatic carboxylic acids is 1. The van der Waals surface area contributed by atoms with E-state index >= 15 is 0 Å². The van der Waals surface area contributed by atoms with Crippen LogP contribution in [0.5, 0.6) is 11.8 Å². The number of nitrogens with one attached hydrogen (secondary N) is 1. The lowest BCUT2D eigenvalue weighted by molar-refractivity contribution is -0.146. The van der Waals surface area contributed by atoms with E-state index in [9.17, 15) is 29.7 Å². The molecule has 10 heteroatoms. The normalized spacial score (nSPS) is 12.9. The van der Waals surface area contributed by atoms with Crippen LogP contribution in [0.4, 0.5) is 4.79 Å². The molecule has 1 amide bonds. The first kappa shape index (κ1) is 23.1. The number of aromatic nitrogens is 1. The van der Waals surface area contributed by atoms with Gasteiger partial charge in [-0.25, -0.2) is 14.4 Å². The van der Waals surface area contributed by atoms with Gasteiger partial charge in [0.15, 0.2) is 0 Å². The minimum atomic E-state index is -1.38. The van der Waals surface area contributed by atoms with Crippen LogP contribution in [0.15, 0.2) is 6.07 Å². The van der Waals surface area contributed by atoms with E-state index < -0.39 is 53.3 Å². The van der Waals surface area contributed by atoms with Crippen molar-refractivity contribution in [3.8, 4) is 11.8 Å². The molecule has 0 unspecified atom stereocenters. The van der Waals surface area contributed by atoms with E-state index in [1.54, 1.807) is 41.5 Å². The van der Waals surface area contributed by atoms with Crippen LogP contribution in [0.25, 0.3) is 0 Å². The first-order chi connectivity index (χ1) is 12.6. The molecule has 0 saturated heterocycles. The second kappa shape index (κ2) is 8.41. The third kappa shape index (κ3) is 6.67. The number of carboxylic acids is 1. The lowest BCUT2D eigenvalue weighted by Crippen LogP contribution is -2.43. The van der Waals surface area contributed by atoms with E-state index in [2.05, 4.69) is 5.32 Å². The van der Waals surface area contributed by atoms with Gasteiger partial charge in [0.25, 0.3) is 0 Å². The molecule has 0 radical (unpaired) electrons. The SMILES string of the molecule is CC(C)(C)OC(=O)N[C@@H](CCC(=O)On1c(O)cc(C(C)(C)C)c1O)C(=O)O. The lowest BCUT2D eigenvalue weighted by atomic mass is 9.89. The molecular formula is C18H28N2O8. The number of carbonyl (C=O) groups is 3. The van der Waals surface area contributed by atoms with Gasteiger partial charge in [-0.05, 0) is 32.6 Å². The number of ether oxygens (including phenoxy) is 1. The maximum Gasteiger partial charge on any atom is 0.408 e. The van der Waals surface area contributed by atoms with Gasteiger partial charge < -0.3 is 30.2 Å². The van der Waals surface area contributed by atoms with Crippen molar-refractivity contribution in [2.24, 2.45) is 0 Å². The number of hydrogen-bond acceptors (Lipinski definition) is 7. The van der Waals surface area contributed by atoms with Crippen LogP contribution in [0, 0.1) is 0 Å². The topological polar surface area (TPSA) is 147 Å². The Bertz CT molecular complexity index is 740. The van der Waals surface area contributed by atoms with E-state index in [1.807, 2.05) is 0 Å². The lowest BCUT2D eigenvalue weighted by Gasteiger charge is -2.21. The zero-order valence-electron chi connectivity index (χ0n) is 16.9. The molecule has 10 nitrogen and oxygen atoms in total. The second-order valence-corrected chi connectivity index (χ2v) is 8.32. The van der Waals surface area contributed by atoms with Crippen molar-refractivity contribution in [1.29, 1.82) is 0 Å². The number of nitrogens with zero attached hydrogens (tertiary/aromatic N) is 1. The largest absolute Gasteiger partial charge is 0.492 e. The third-order valence-electron chi connectivity index (χ3n) is 3.54. The number of hydrogen-bond donors (Lipinski definition) is 4. The number of carboxylic acid groups (broad SMARTS) is 1. The summed E-state index contributed by atoms with van der Waals surface area (Å²) in [5, 5.41) is 31.4. The summed E-state index contributed by atoms with van der Waals surface area (Å²) in [7, 11) is 0. The predicted molar refractivity (Wildman–Crippen MR) is 98.1 cm³/mol. The molecule has 4 N–H and O–H groups in total. The summed E-state index contributed by atoms with van der Waals surface area (Å²) in [5.41, 5.74) is -0.946. The Morgan fingerprint density at radius 2 is 1.71 bits per heavy atom. The van der Waals surface area contributed by atoms with Gasteiger partial charge in [-0.3, -0.25) is 0 Å². The minimum absolute atomic E-state index is 0.275. The molecule has 1 rings (SSSR count). The van der Waals surface area contributed by atoms with Crippen molar-refractivity contribution in [3.05, 3.63) is 11.6 Å². The molecular weight excluding hydrogens is 372 g/mol. The molecule has 0 aliphatic heterocycles. The number of aromatic hydroxyl groups is 2. The van der Waals surface area contributed by atoms with Gasteiger partial charge in [-0.2, -0.15) is 0 Å². The highest BCUT2D eigenvalue weighted by molar-refractivity contribution is 5.81. The van der Waals surface area contributed by atoms with Gasteiger partial charge in [0.1, 0.15) is 11.6 Å². The molecule has 158 valence electrons. The molecule has 0 aliphatic carbocycles. The van der Waals surface area contributed by atoms with Crippen LogP contribution in [-0.4, -0.2) is 49.7 Å². The summed E-state index contributed by atoms with van der Waals surface area (Å²) in [5.74, 6) is -3.16. The van der Waals surface area contributed by atoms with Crippen LogP contribution in [0.1, 0.15) is 59.9 Å². The van der Waals surface area contributed by atoms with E-state index in [0.29, 0.717) is 10.3 Å². The Balaban J connectivity index is 2.73. The van der Waals surface area contributed by atoms with Crippen molar-refractivity contribution < 1.29 is 39.3 Å². The molecule has 28 heavy (non-hydrogen) atoms. The fourth-order valence-electron chi connectivity index (χ4n) is 2.23. The van der Waals surface area contributed by atoms with Crippen molar-refractivity contribution in [2.45, 2.75) is 71.4 Å². The molecule has 1 atom stereocenters. The Hall–Kier alpha value is -2.91. The van der Waals surface area contributed by atoms with Crippen LogP contribution in [-0.2, 0) is 19.7 Å². The summed E-state index contributed by atoms with van der Waals surface area (Å²) in [6.07, 6.45) is -1.60. The predicted octanol–water partition coefficient (Wildman–Crippen LogP) is 1.91. The molecule has 0 fully saturated rings. The first-order valence-electron chi connectivity index (χ1n) is 8.69. The van der Waals surface area contributed by atoms with Crippen molar-refractivity contribution in [2.75, 3.05) is 0 Å². The fourth-order valence-corrected chi connectivity index (χ4v) is 2.23. The molecule has 1 heterocycles. The Morgan fingerprint density at radius 3 is 2.14 bits per heavy atom. The molecule has 0 saturated carbocycles. The molecule has 0 aromatic carbocycles. The van der Waals surface area contributed by atoms with Crippen LogP contribution >= 0.6 is 0 Å². The van der Waals surface area contributed by atoms with Gasteiger partial charge in [0, 0.05) is 11.6 Å². The maximum absolute atomic E-state index is 12.0. The van der Waals surface area contributed by atoms with Gasteiger partial charge in [-0.1, -0.05) is 20.8 Å². The number of amides is 1. The van der Waals surface area contributed by atoms with Gasteiger partial charge in [-0.15, -0.1) is 4.73 Å². The summed E-state index contributed by atoms with van der Waals surface area (Å²) < 4.78 is 5.56. The average Bonchev–Trinajstić information content (AvgIpc) is 2.77. The quantitative estimate of drug-likeness (QED) is 0.566. The molecule has 0 spiro atoms. The van der Waals surface area contributed by atoms with Gasteiger partial charge in [0.2, 0.25) is 11.8 Å². The van der Waals surface area contributed by atoms with Gasteiger partial charge in [0.05, 0.1) is 6.42 Å². The Labute approximate surface area is 163 Å². The Morgan fingerprint density at radius 1 is 1.14 bits per heavy atom. The molecule has 0 bridgehead atoms. The van der Waals surface area contributed by atoms with E-state index in [0.717, 1.165) is 0 Å².